The van der Waals surface area contributed by atoms with Crippen LogP contribution >= 0.6 is 11.6 Å². The summed E-state index contributed by atoms with van der Waals surface area (Å²) in [4.78, 5) is 11.7. The standard InChI is InChI=1S/C10H11ClFN5O3/c11-10-15-7(13)5-8(16-10)17(2-14-5)9-4(6(12)19)3(18)1-20-9/h2-4,6,9,18-19H,1H2,(H2,13,15,16). The Morgan fingerprint density at radius 1 is 1.55 bits per heavy atom. The van der Waals surface area contributed by atoms with E-state index in [4.69, 9.17) is 27.2 Å². The molecule has 1 fully saturated rings. The summed E-state index contributed by atoms with van der Waals surface area (Å²) in [6, 6.07) is 0. The van der Waals surface area contributed by atoms with Gasteiger partial charge in [-0.15, -0.1) is 0 Å². The third-order valence-electron chi connectivity index (χ3n) is 3.22. The second kappa shape index (κ2) is 4.77. The van der Waals surface area contributed by atoms with Crippen molar-refractivity contribution in [3.05, 3.63) is 11.6 Å². The number of nitrogen functional groups attached to an aromatic ring is 1. The van der Waals surface area contributed by atoms with Gasteiger partial charge in [-0.2, -0.15) is 9.97 Å². The third kappa shape index (κ3) is 1.99. The Balaban J connectivity index is 2.10. The van der Waals surface area contributed by atoms with Crippen LogP contribution in [0.4, 0.5) is 10.2 Å². The predicted octanol–water partition coefficient (Wildman–Crippen LogP) is -0.144. The smallest absolute Gasteiger partial charge is 0.226 e. The summed E-state index contributed by atoms with van der Waals surface area (Å²) in [5, 5.41) is 18.7. The SMILES string of the molecule is Nc1nc(Cl)nc2c1ncn2C1OCC(O)C1C(O)F. The first-order chi connectivity index (χ1) is 9.49. The molecule has 0 spiro atoms. The molecular formula is C10H11ClFN5O3. The van der Waals surface area contributed by atoms with Gasteiger partial charge in [0.05, 0.1) is 25.0 Å². The maximum absolute atomic E-state index is 13.3. The zero-order valence-electron chi connectivity index (χ0n) is 10.0. The number of nitrogens with two attached hydrogens (primary N) is 1. The Labute approximate surface area is 117 Å². The van der Waals surface area contributed by atoms with Gasteiger partial charge in [0.25, 0.3) is 0 Å². The van der Waals surface area contributed by atoms with Crippen molar-refractivity contribution in [1.29, 1.82) is 0 Å². The number of hydrogen-bond donors (Lipinski definition) is 3. The first-order valence-corrected chi connectivity index (χ1v) is 6.14. The molecule has 2 aromatic rings. The summed E-state index contributed by atoms with van der Waals surface area (Å²) in [7, 11) is 0. The van der Waals surface area contributed by atoms with E-state index in [0.717, 1.165) is 0 Å². The summed E-state index contributed by atoms with van der Waals surface area (Å²) >= 11 is 5.73. The first kappa shape index (κ1) is 13.4. The lowest BCUT2D eigenvalue weighted by Gasteiger charge is -2.21. The highest BCUT2D eigenvalue weighted by molar-refractivity contribution is 6.28. The van der Waals surface area contributed by atoms with Gasteiger partial charge in [0.15, 0.2) is 11.5 Å². The van der Waals surface area contributed by atoms with Gasteiger partial charge in [0.2, 0.25) is 11.6 Å². The summed E-state index contributed by atoms with van der Waals surface area (Å²) in [6.45, 7) is -0.107. The number of fused-ring (bicyclic) bond motifs is 1. The fraction of sp³-hybridized carbons (Fsp3) is 0.500. The van der Waals surface area contributed by atoms with E-state index in [0.29, 0.717) is 0 Å². The van der Waals surface area contributed by atoms with Crippen LogP contribution in [0.3, 0.4) is 0 Å². The van der Waals surface area contributed by atoms with Crippen molar-refractivity contribution in [2.24, 2.45) is 5.92 Å². The van der Waals surface area contributed by atoms with Gasteiger partial charge in [-0.25, -0.2) is 9.37 Å². The van der Waals surface area contributed by atoms with Crippen LogP contribution in [-0.4, -0.2) is 48.8 Å². The molecule has 4 unspecified atom stereocenters. The average molecular weight is 304 g/mol. The first-order valence-electron chi connectivity index (χ1n) is 5.76. The van der Waals surface area contributed by atoms with Crippen molar-refractivity contribution in [2.45, 2.75) is 18.7 Å². The van der Waals surface area contributed by atoms with E-state index in [9.17, 15) is 9.50 Å². The lowest BCUT2D eigenvalue weighted by molar-refractivity contribution is -0.0817. The van der Waals surface area contributed by atoms with Crippen molar-refractivity contribution < 1.29 is 19.3 Å². The second-order valence-corrected chi connectivity index (χ2v) is 4.78. The molecule has 3 heterocycles. The molecule has 0 bridgehead atoms. The molecule has 1 aliphatic rings. The number of nitrogens with zero attached hydrogens (tertiary/aromatic N) is 4. The number of halogens is 2. The summed E-state index contributed by atoms with van der Waals surface area (Å²) in [5.74, 6) is -1.07. The largest absolute Gasteiger partial charge is 0.390 e. The summed E-state index contributed by atoms with van der Waals surface area (Å²) in [6.07, 6.45) is -3.01. The van der Waals surface area contributed by atoms with Crippen LogP contribution < -0.4 is 5.73 Å². The Morgan fingerprint density at radius 2 is 2.30 bits per heavy atom. The zero-order chi connectivity index (χ0) is 14.4. The van der Waals surface area contributed by atoms with Crippen molar-refractivity contribution in [1.82, 2.24) is 19.5 Å². The lowest BCUT2D eigenvalue weighted by atomic mass is 10.0. The second-order valence-electron chi connectivity index (χ2n) is 4.44. The number of aromatic nitrogens is 4. The number of alkyl halides is 1. The van der Waals surface area contributed by atoms with E-state index in [1.54, 1.807) is 0 Å². The van der Waals surface area contributed by atoms with Crippen molar-refractivity contribution >= 4 is 28.6 Å². The summed E-state index contributed by atoms with van der Waals surface area (Å²) in [5.41, 5.74) is 6.19. The molecular weight excluding hydrogens is 293 g/mol. The Kier molecular flexibility index (Phi) is 3.21. The Bertz CT molecular complexity index is 651. The van der Waals surface area contributed by atoms with Crippen LogP contribution in [0.15, 0.2) is 6.33 Å². The fourth-order valence-electron chi connectivity index (χ4n) is 2.29. The highest BCUT2D eigenvalue weighted by Crippen LogP contribution is 2.35. The third-order valence-corrected chi connectivity index (χ3v) is 3.39. The number of rotatable bonds is 2. The van der Waals surface area contributed by atoms with Gasteiger partial charge >= 0.3 is 0 Å². The minimum Gasteiger partial charge on any atom is -0.390 e. The van der Waals surface area contributed by atoms with Crippen LogP contribution in [0.1, 0.15) is 6.23 Å². The Hall–Kier alpha value is -1.55. The number of ether oxygens (including phenoxy) is 1. The normalized spacial score (nSPS) is 28.1. The van der Waals surface area contributed by atoms with Gasteiger partial charge < -0.3 is 20.7 Å². The van der Waals surface area contributed by atoms with Gasteiger partial charge in [-0.3, -0.25) is 4.57 Å². The van der Waals surface area contributed by atoms with Crippen molar-refractivity contribution in [2.75, 3.05) is 12.3 Å². The molecule has 2 aromatic heterocycles. The predicted molar refractivity (Wildman–Crippen MR) is 66.3 cm³/mol. The molecule has 3 rings (SSSR count). The van der Waals surface area contributed by atoms with Crippen LogP contribution in [0.25, 0.3) is 11.2 Å². The highest BCUT2D eigenvalue weighted by atomic mass is 35.5. The van der Waals surface area contributed by atoms with Gasteiger partial charge in [0.1, 0.15) is 11.7 Å². The van der Waals surface area contributed by atoms with E-state index in [2.05, 4.69) is 15.0 Å². The quantitative estimate of drug-likeness (QED) is 0.660. The minimum absolute atomic E-state index is 0.0784. The molecule has 20 heavy (non-hydrogen) atoms. The molecule has 0 amide bonds. The molecule has 1 aliphatic heterocycles. The molecule has 0 radical (unpaired) electrons. The number of hydrogen-bond acceptors (Lipinski definition) is 7. The molecule has 1 saturated heterocycles. The van der Waals surface area contributed by atoms with Crippen LogP contribution in [-0.2, 0) is 4.74 Å². The molecule has 8 nitrogen and oxygen atoms in total. The van der Waals surface area contributed by atoms with Gasteiger partial charge in [-0.1, -0.05) is 0 Å². The molecule has 10 heteroatoms. The fourth-order valence-corrected chi connectivity index (χ4v) is 2.46. The van der Waals surface area contributed by atoms with Gasteiger partial charge in [-0.05, 0) is 11.6 Å². The Morgan fingerprint density at radius 3 is 3.00 bits per heavy atom. The topological polar surface area (TPSA) is 119 Å². The van der Waals surface area contributed by atoms with Crippen LogP contribution in [0.2, 0.25) is 5.28 Å². The maximum Gasteiger partial charge on any atom is 0.226 e. The molecule has 0 aliphatic carbocycles. The van der Waals surface area contributed by atoms with Crippen molar-refractivity contribution in [3.63, 3.8) is 0 Å². The lowest BCUT2D eigenvalue weighted by Crippen LogP contribution is -2.31. The number of aliphatic hydroxyl groups excluding tert-OH is 2. The molecule has 108 valence electrons. The van der Waals surface area contributed by atoms with Crippen molar-refractivity contribution in [3.8, 4) is 0 Å². The van der Waals surface area contributed by atoms with Crippen LogP contribution in [0.5, 0.6) is 0 Å². The van der Waals surface area contributed by atoms with E-state index < -0.39 is 24.6 Å². The van der Waals surface area contributed by atoms with E-state index in [-0.39, 0.29) is 28.9 Å². The monoisotopic (exact) mass is 303 g/mol. The molecule has 0 saturated carbocycles. The summed E-state index contributed by atoms with van der Waals surface area (Å²) < 4.78 is 19.9. The van der Waals surface area contributed by atoms with E-state index >= 15 is 0 Å². The maximum atomic E-state index is 13.3. The number of imidazole rings is 1. The molecule has 4 atom stereocenters. The molecule has 0 aromatic carbocycles. The minimum atomic E-state index is -2.25. The van der Waals surface area contributed by atoms with Gasteiger partial charge in [0, 0.05) is 0 Å². The zero-order valence-corrected chi connectivity index (χ0v) is 10.8. The van der Waals surface area contributed by atoms with Crippen LogP contribution in [0, 0.1) is 5.92 Å². The number of anilines is 1. The highest BCUT2D eigenvalue weighted by Gasteiger charge is 2.43. The molecule has 4 N–H and O–H groups in total. The number of aliphatic hydroxyl groups is 2. The van der Waals surface area contributed by atoms with E-state index in [1.807, 2.05) is 0 Å². The van der Waals surface area contributed by atoms with E-state index in [1.165, 1.54) is 10.9 Å². The average Bonchev–Trinajstić information content (AvgIpc) is 2.92.